The van der Waals surface area contributed by atoms with Gasteiger partial charge in [0.1, 0.15) is 5.75 Å². The minimum absolute atomic E-state index is 0.00609. The van der Waals surface area contributed by atoms with Crippen molar-refractivity contribution in [2.75, 3.05) is 11.9 Å². The highest BCUT2D eigenvalue weighted by Crippen LogP contribution is 2.29. The molecule has 2 aromatic carbocycles. The molecule has 0 unspecified atom stereocenters. The summed E-state index contributed by atoms with van der Waals surface area (Å²) in [5.74, 6) is 0.179. The highest BCUT2D eigenvalue weighted by molar-refractivity contribution is 6.31. The number of ketones is 1. The van der Waals surface area contributed by atoms with Crippen LogP contribution in [0, 0.1) is 6.92 Å². The molecule has 21 heavy (non-hydrogen) atoms. The SMILES string of the molecule is Cc1ccc(C(=O)c2ccc3c(c2)NC(=O)CO3)cc1Cl. The molecule has 3 rings (SSSR count). The minimum Gasteiger partial charge on any atom is -0.482 e. The number of carbonyl (C=O) groups is 2. The number of anilines is 1. The van der Waals surface area contributed by atoms with E-state index in [1.807, 2.05) is 6.92 Å². The Labute approximate surface area is 126 Å². The average molecular weight is 302 g/mol. The molecule has 2 aromatic rings. The summed E-state index contributed by atoms with van der Waals surface area (Å²) in [5, 5.41) is 3.24. The number of benzene rings is 2. The number of fused-ring (bicyclic) bond motifs is 1. The fraction of sp³-hybridized carbons (Fsp3) is 0.125. The van der Waals surface area contributed by atoms with Gasteiger partial charge in [0.15, 0.2) is 12.4 Å². The standard InChI is InChI=1S/C16H12ClNO3/c1-9-2-3-10(6-12(9)17)16(20)11-4-5-14-13(7-11)18-15(19)8-21-14/h2-7H,8H2,1H3,(H,18,19). The monoisotopic (exact) mass is 301 g/mol. The molecule has 0 atom stereocenters. The van der Waals surface area contributed by atoms with Crippen LogP contribution >= 0.6 is 11.6 Å². The van der Waals surface area contributed by atoms with Crippen LogP contribution in [0.2, 0.25) is 5.02 Å². The number of rotatable bonds is 2. The van der Waals surface area contributed by atoms with E-state index in [0.717, 1.165) is 5.56 Å². The van der Waals surface area contributed by atoms with Gasteiger partial charge in [-0.1, -0.05) is 23.7 Å². The molecular formula is C16H12ClNO3. The first-order valence-corrected chi connectivity index (χ1v) is 6.80. The molecule has 106 valence electrons. The second kappa shape index (κ2) is 5.22. The molecule has 5 heteroatoms. The fourth-order valence-electron chi connectivity index (χ4n) is 2.13. The number of nitrogens with one attached hydrogen (secondary N) is 1. The van der Waals surface area contributed by atoms with Crippen molar-refractivity contribution in [1.82, 2.24) is 0 Å². The van der Waals surface area contributed by atoms with Gasteiger partial charge in [0.05, 0.1) is 5.69 Å². The van der Waals surface area contributed by atoms with Crippen molar-refractivity contribution in [3.05, 3.63) is 58.1 Å². The third-order valence-corrected chi connectivity index (χ3v) is 3.72. The van der Waals surface area contributed by atoms with Crippen molar-refractivity contribution in [2.24, 2.45) is 0 Å². The van der Waals surface area contributed by atoms with Crippen molar-refractivity contribution in [3.63, 3.8) is 0 Å². The Morgan fingerprint density at radius 1 is 1.19 bits per heavy atom. The van der Waals surface area contributed by atoms with E-state index in [9.17, 15) is 9.59 Å². The smallest absolute Gasteiger partial charge is 0.262 e. The Kier molecular flexibility index (Phi) is 3.39. The summed E-state index contributed by atoms with van der Waals surface area (Å²) in [7, 11) is 0. The average Bonchev–Trinajstić information content (AvgIpc) is 2.48. The normalized spacial score (nSPS) is 13.1. The van der Waals surface area contributed by atoms with Crippen LogP contribution in [0.5, 0.6) is 5.75 Å². The van der Waals surface area contributed by atoms with Gasteiger partial charge in [-0.05, 0) is 36.8 Å². The largest absolute Gasteiger partial charge is 0.482 e. The van der Waals surface area contributed by atoms with Gasteiger partial charge < -0.3 is 10.1 Å². The number of hydrogen-bond acceptors (Lipinski definition) is 3. The second-order valence-electron chi connectivity index (χ2n) is 4.84. The van der Waals surface area contributed by atoms with Crippen LogP contribution in [0.15, 0.2) is 36.4 Å². The van der Waals surface area contributed by atoms with Crippen molar-refractivity contribution in [3.8, 4) is 5.75 Å². The second-order valence-corrected chi connectivity index (χ2v) is 5.25. The number of halogens is 1. The molecule has 0 radical (unpaired) electrons. The van der Waals surface area contributed by atoms with Gasteiger partial charge in [0, 0.05) is 16.1 Å². The maximum absolute atomic E-state index is 12.5. The predicted molar refractivity (Wildman–Crippen MR) is 80.2 cm³/mol. The van der Waals surface area contributed by atoms with Gasteiger partial charge in [-0.2, -0.15) is 0 Å². The maximum Gasteiger partial charge on any atom is 0.262 e. The Bertz CT molecular complexity index is 755. The number of aryl methyl sites for hydroxylation is 1. The Hall–Kier alpha value is -2.33. The summed E-state index contributed by atoms with van der Waals surface area (Å²) in [6, 6.07) is 10.2. The lowest BCUT2D eigenvalue weighted by atomic mass is 10.0. The zero-order valence-electron chi connectivity index (χ0n) is 11.3. The molecule has 1 heterocycles. The molecular weight excluding hydrogens is 290 g/mol. The number of hydrogen-bond donors (Lipinski definition) is 1. The first-order valence-electron chi connectivity index (χ1n) is 6.42. The van der Waals surface area contributed by atoms with E-state index in [1.165, 1.54) is 0 Å². The lowest BCUT2D eigenvalue weighted by Crippen LogP contribution is -2.25. The van der Waals surface area contributed by atoms with Crippen LogP contribution in [-0.4, -0.2) is 18.3 Å². The van der Waals surface area contributed by atoms with Crippen LogP contribution in [0.3, 0.4) is 0 Å². The minimum atomic E-state index is -0.231. The summed E-state index contributed by atoms with van der Waals surface area (Å²) < 4.78 is 5.27. The van der Waals surface area contributed by atoms with Crippen LogP contribution in [0.4, 0.5) is 5.69 Å². The zero-order valence-corrected chi connectivity index (χ0v) is 12.0. The third-order valence-electron chi connectivity index (χ3n) is 3.31. The summed E-state index contributed by atoms with van der Waals surface area (Å²) >= 11 is 6.05. The molecule has 1 aliphatic heterocycles. The highest BCUT2D eigenvalue weighted by atomic mass is 35.5. The van der Waals surface area contributed by atoms with E-state index in [1.54, 1.807) is 36.4 Å². The zero-order chi connectivity index (χ0) is 15.0. The van der Waals surface area contributed by atoms with E-state index in [-0.39, 0.29) is 18.3 Å². The summed E-state index contributed by atoms with van der Waals surface area (Å²) in [6.07, 6.45) is 0. The molecule has 4 nitrogen and oxygen atoms in total. The van der Waals surface area contributed by atoms with Crippen LogP contribution in [0.1, 0.15) is 21.5 Å². The predicted octanol–water partition coefficient (Wildman–Crippen LogP) is 3.21. The Balaban J connectivity index is 1.96. The lowest BCUT2D eigenvalue weighted by molar-refractivity contribution is -0.118. The molecule has 0 saturated heterocycles. The molecule has 0 spiro atoms. The first kappa shape index (κ1) is 13.6. The molecule has 0 aromatic heterocycles. The number of carbonyl (C=O) groups excluding carboxylic acids is 2. The van der Waals surface area contributed by atoms with E-state index in [4.69, 9.17) is 16.3 Å². The molecule has 0 saturated carbocycles. The summed E-state index contributed by atoms with van der Waals surface area (Å²) in [6.45, 7) is 1.87. The van der Waals surface area contributed by atoms with Gasteiger partial charge in [-0.25, -0.2) is 0 Å². The Morgan fingerprint density at radius 3 is 2.67 bits per heavy atom. The molecule has 0 aliphatic carbocycles. The summed E-state index contributed by atoms with van der Waals surface area (Å²) in [5.41, 5.74) is 2.41. The van der Waals surface area contributed by atoms with E-state index in [0.29, 0.717) is 27.6 Å². The van der Waals surface area contributed by atoms with Crippen molar-refractivity contribution in [1.29, 1.82) is 0 Å². The molecule has 1 amide bonds. The number of amides is 1. The van der Waals surface area contributed by atoms with E-state index in [2.05, 4.69) is 5.32 Å². The number of ether oxygens (including phenoxy) is 1. The van der Waals surface area contributed by atoms with Crippen molar-refractivity contribution < 1.29 is 14.3 Å². The molecule has 1 N–H and O–H groups in total. The third kappa shape index (κ3) is 2.62. The lowest BCUT2D eigenvalue weighted by Gasteiger charge is -2.18. The van der Waals surface area contributed by atoms with Gasteiger partial charge in [-0.3, -0.25) is 9.59 Å². The van der Waals surface area contributed by atoms with Crippen LogP contribution in [-0.2, 0) is 4.79 Å². The van der Waals surface area contributed by atoms with Gasteiger partial charge in [0.2, 0.25) is 0 Å². The van der Waals surface area contributed by atoms with E-state index >= 15 is 0 Å². The maximum atomic E-state index is 12.5. The Morgan fingerprint density at radius 2 is 1.90 bits per heavy atom. The molecule has 1 aliphatic rings. The van der Waals surface area contributed by atoms with Crippen LogP contribution in [0.25, 0.3) is 0 Å². The van der Waals surface area contributed by atoms with E-state index < -0.39 is 0 Å². The highest BCUT2D eigenvalue weighted by Gasteiger charge is 2.18. The fourth-order valence-corrected chi connectivity index (χ4v) is 2.31. The van der Waals surface area contributed by atoms with Crippen molar-refractivity contribution >= 4 is 29.0 Å². The molecule has 0 fully saturated rings. The summed E-state index contributed by atoms with van der Waals surface area (Å²) in [4.78, 5) is 23.8. The van der Waals surface area contributed by atoms with Gasteiger partial charge >= 0.3 is 0 Å². The molecule has 0 bridgehead atoms. The topological polar surface area (TPSA) is 55.4 Å². The van der Waals surface area contributed by atoms with Gasteiger partial charge in [0.25, 0.3) is 5.91 Å². The van der Waals surface area contributed by atoms with Crippen molar-refractivity contribution in [2.45, 2.75) is 6.92 Å². The first-order chi connectivity index (χ1) is 10.0. The van der Waals surface area contributed by atoms with Gasteiger partial charge in [-0.15, -0.1) is 0 Å². The quantitative estimate of drug-likeness (QED) is 0.867. The van der Waals surface area contributed by atoms with Crippen LogP contribution < -0.4 is 10.1 Å².